The summed E-state index contributed by atoms with van der Waals surface area (Å²) in [5.74, 6) is 0. The van der Waals surface area contributed by atoms with Crippen molar-refractivity contribution in [2.75, 3.05) is 40.8 Å². The standard InChI is InChI=1S/C15H35N3/c1-13(2)16(6)10-9-15(5)18(8)12-11-17(7)14(3)4/h13-15H,9-12H2,1-8H3. The molecule has 0 aliphatic carbocycles. The van der Waals surface area contributed by atoms with Gasteiger partial charge in [-0.3, -0.25) is 0 Å². The summed E-state index contributed by atoms with van der Waals surface area (Å²) in [7, 11) is 6.66. The second-order valence-electron chi connectivity index (χ2n) is 6.27. The maximum atomic E-state index is 2.48. The van der Waals surface area contributed by atoms with Crippen molar-refractivity contribution in [2.24, 2.45) is 0 Å². The van der Waals surface area contributed by atoms with Gasteiger partial charge in [-0.2, -0.15) is 0 Å². The zero-order valence-electron chi connectivity index (χ0n) is 13.9. The van der Waals surface area contributed by atoms with Crippen molar-refractivity contribution in [3.63, 3.8) is 0 Å². The summed E-state index contributed by atoms with van der Waals surface area (Å²) in [4.78, 5) is 7.31. The molecule has 1 atom stereocenters. The second kappa shape index (κ2) is 8.89. The van der Waals surface area contributed by atoms with Crippen LogP contribution in [0.1, 0.15) is 41.0 Å². The Morgan fingerprint density at radius 1 is 0.611 bits per heavy atom. The third-order valence-corrected chi connectivity index (χ3v) is 4.22. The molecule has 0 aromatic heterocycles. The minimum atomic E-state index is 0.640. The molecule has 0 heterocycles. The first-order chi connectivity index (χ1) is 8.25. The maximum absolute atomic E-state index is 2.48. The van der Waals surface area contributed by atoms with Crippen molar-refractivity contribution in [2.45, 2.75) is 59.2 Å². The van der Waals surface area contributed by atoms with Crippen LogP contribution in [0.2, 0.25) is 0 Å². The Morgan fingerprint density at radius 3 is 1.44 bits per heavy atom. The van der Waals surface area contributed by atoms with E-state index in [1.165, 1.54) is 13.0 Å². The van der Waals surface area contributed by atoms with Crippen molar-refractivity contribution < 1.29 is 0 Å². The van der Waals surface area contributed by atoms with Gasteiger partial charge in [0.1, 0.15) is 0 Å². The molecule has 0 bridgehead atoms. The Bertz CT molecular complexity index is 182. The maximum Gasteiger partial charge on any atom is 0.0109 e. The van der Waals surface area contributed by atoms with Crippen LogP contribution in [0.5, 0.6) is 0 Å². The fourth-order valence-electron chi connectivity index (χ4n) is 1.66. The van der Waals surface area contributed by atoms with E-state index in [0.717, 1.165) is 13.1 Å². The van der Waals surface area contributed by atoms with E-state index >= 15 is 0 Å². The summed E-state index contributed by atoms with van der Waals surface area (Å²) in [6, 6.07) is 1.95. The molecule has 0 saturated heterocycles. The average molecular weight is 257 g/mol. The summed E-state index contributed by atoms with van der Waals surface area (Å²) in [5.41, 5.74) is 0. The van der Waals surface area contributed by atoms with Crippen molar-refractivity contribution in [3.8, 4) is 0 Å². The van der Waals surface area contributed by atoms with Gasteiger partial charge in [0.05, 0.1) is 0 Å². The lowest BCUT2D eigenvalue weighted by Crippen LogP contribution is -2.40. The van der Waals surface area contributed by atoms with Crippen LogP contribution in [0, 0.1) is 0 Å². The zero-order valence-corrected chi connectivity index (χ0v) is 13.9. The van der Waals surface area contributed by atoms with E-state index in [0.29, 0.717) is 18.1 Å². The molecular formula is C15H35N3. The monoisotopic (exact) mass is 257 g/mol. The Balaban J connectivity index is 3.85. The van der Waals surface area contributed by atoms with Gasteiger partial charge in [0.25, 0.3) is 0 Å². The summed E-state index contributed by atoms with van der Waals surface area (Å²) in [5, 5.41) is 0. The molecule has 110 valence electrons. The smallest absolute Gasteiger partial charge is 0.0109 e. The molecule has 3 nitrogen and oxygen atoms in total. The molecule has 0 aromatic rings. The Kier molecular flexibility index (Phi) is 8.83. The highest BCUT2D eigenvalue weighted by molar-refractivity contribution is 4.69. The van der Waals surface area contributed by atoms with Gasteiger partial charge in [0, 0.05) is 31.2 Å². The molecule has 1 unspecified atom stereocenters. The van der Waals surface area contributed by atoms with Gasteiger partial charge in [-0.1, -0.05) is 0 Å². The van der Waals surface area contributed by atoms with Crippen molar-refractivity contribution in [1.82, 2.24) is 14.7 Å². The summed E-state index contributed by atoms with van der Waals surface area (Å²) in [6.45, 7) is 14.8. The molecule has 0 amide bonds. The highest BCUT2D eigenvalue weighted by Gasteiger charge is 2.12. The quantitative estimate of drug-likeness (QED) is 0.628. The number of rotatable bonds is 9. The molecule has 0 fully saturated rings. The van der Waals surface area contributed by atoms with Crippen LogP contribution in [-0.4, -0.2) is 73.6 Å². The van der Waals surface area contributed by atoms with Crippen LogP contribution < -0.4 is 0 Å². The first-order valence-corrected chi connectivity index (χ1v) is 7.36. The molecule has 0 N–H and O–H groups in total. The van der Waals surface area contributed by atoms with E-state index in [2.05, 4.69) is 70.5 Å². The van der Waals surface area contributed by atoms with Crippen molar-refractivity contribution in [1.29, 1.82) is 0 Å². The molecule has 0 rings (SSSR count). The lowest BCUT2D eigenvalue weighted by Gasteiger charge is -2.30. The van der Waals surface area contributed by atoms with Crippen molar-refractivity contribution in [3.05, 3.63) is 0 Å². The van der Waals surface area contributed by atoms with Crippen LogP contribution in [-0.2, 0) is 0 Å². The third kappa shape index (κ3) is 7.34. The van der Waals surface area contributed by atoms with Gasteiger partial charge in [-0.15, -0.1) is 0 Å². The molecule has 0 radical (unpaired) electrons. The van der Waals surface area contributed by atoms with E-state index in [1.54, 1.807) is 0 Å². The van der Waals surface area contributed by atoms with Crippen LogP contribution in [0.25, 0.3) is 0 Å². The molecule has 18 heavy (non-hydrogen) atoms. The lowest BCUT2D eigenvalue weighted by molar-refractivity contribution is 0.172. The molecule has 0 aliphatic heterocycles. The van der Waals surface area contributed by atoms with E-state index in [1.807, 2.05) is 0 Å². The number of likely N-dealkylation sites (N-methyl/N-ethyl adjacent to an activating group) is 2. The van der Waals surface area contributed by atoms with E-state index in [9.17, 15) is 0 Å². The molecule has 3 heteroatoms. The first kappa shape index (κ1) is 17.9. The summed E-state index contributed by atoms with van der Waals surface area (Å²) < 4.78 is 0. The average Bonchev–Trinajstić information content (AvgIpc) is 2.31. The molecular weight excluding hydrogens is 222 g/mol. The Morgan fingerprint density at radius 2 is 1.00 bits per heavy atom. The fraction of sp³-hybridized carbons (Fsp3) is 1.00. The van der Waals surface area contributed by atoms with Crippen molar-refractivity contribution >= 4 is 0 Å². The normalized spacial score (nSPS) is 14.5. The van der Waals surface area contributed by atoms with Gasteiger partial charge in [-0.25, -0.2) is 0 Å². The second-order valence-corrected chi connectivity index (χ2v) is 6.27. The number of nitrogens with zero attached hydrogens (tertiary/aromatic N) is 3. The molecule has 0 aromatic carbocycles. The third-order valence-electron chi connectivity index (χ3n) is 4.22. The SMILES string of the molecule is CC(C)N(C)CCC(C)N(C)CCN(C)C(C)C. The molecule has 0 saturated carbocycles. The highest BCUT2D eigenvalue weighted by atomic mass is 15.2. The van der Waals surface area contributed by atoms with Crippen LogP contribution in [0.3, 0.4) is 0 Å². The predicted molar refractivity (Wildman–Crippen MR) is 82.2 cm³/mol. The highest BCUT2D eigenvalue weighted by Crippen LogP contribution is 2.05. The minimum Gasteiger partial charge on any atom is -0.304 e. The lowest BCUT2D eigenvalue weighted by atomic mass is 10.2. The Hall–Kier alpha value is -0.120. The van der Waals surface area contributed by atoms with Gasteiger partial charge in [-0.05, 0) is 68.7 Å². The van der Waals surface area contributed by atoms with Gasteiger partial charge in [0.2, 0.25) is 0 Å². The van der Waals surface area contributed by atoms with Crippen LogP contribution in [0.4, 0.5) is 0 Å². The number of hydrogen-bond donors (Lipinski definition) is 0. The largest absolute Gasteiger partial charge is 0.304 e. The molecule has 0 aliphatic rings. The van der Waals surface area contributed by atoms with Crippen LogP contribution >= 0.6 is 0 Å². The van der Waals surface area contributed by atoms with Gasteiger partial charge < -0.3 is 14.7 Å². The van der Waals surface area contributed by atoms with Gasteiger partial charge >= 0.3 is 0 Å². The van der Waals surface area contributed by atoms with E-state index in [-0.39, 0.29) is 0 Å². The fourth-order valence-corrected chi connectivity index (χ4v) is 1.66. The topological polar surface area (TPSA) is 9.72 Å². The van der Waals surface area contributed by atoms with Gasteiger partial charge in [0.15, 0.2) is 0 Å². The van der Waals surface area contributed by atoms with Crippen LogP contribution in [0.15, 0.2) is 0 Å². The summed E-state index contributed by atoms with van der Waals surface area (Å²) in [6.07, 6.45) is 1.25. The first-order valence-electron chi connectivity index (χ1n) is 7.36. The van der Waals surface area contributed by atoms with E-state index < -0.39 is 0 Å². The summed E-state index contributed by atoms with van der Waals surface area (Å²) >= 11 is 0. The number of hydrogen-bond acceptors (Lipinski definition) is 3. The molecule has 0 spiro atoms. The minimum absolute atomic E-state index is 0.640. The zero-order chi connectivity index (χ0) is 14.3. The predicted octanol–water partition coefficient (Wildman–Crippen LogP) is 2.38. The van der Waals surface area contributed by atoms with E-state index in [4.69, 9.17) is 0 Å². The Labute approximate surface area is 115 Å².